The molecule has 0 bridgehead atoms. The number of hydrogen-bond acceptors (Lipinski definition) is 5. The molecular formula is C10H18O4S. The van der Waals surface area contributed by atoms with Crippen LogP contribution in [-0.4, -0.2) is 44.8 Å². The Balaban J connectivity index is 3.04. The number of esters is 1. The summed E-state index contributed by atoms with van der Waals surface area (Å²) in [6, 6.07) is 0. The first kappa shape index (κ1) is 14.5. The molecule has 15 heavy (non-hydrogen) atoms. The van der Waals surface area contributed by atoms with Crippen LogP contribution in [0.25, 0.3) is 0 Å². The maximum atomic E-state index is 10.9. The second-order valence-corrected chi connectivity index (χ2v) is 3.12. The smallest absolute Gasteiger partial charge is 0.306 e. The topological polar surface area (TPSA) is 44.8 Å². The molecule has 0 heterocycles. The van der Waals surface area contributed by atoms with Gasteiger partial charge in [0.05, 0.1) is 32.8 Å². The molecule has 4 nitrogen and oxygen atoms in total. The van der Waals surface area contributed by atoms with E-state index >= 15 is 0 Å². The molecule has 88 valence electrons. The van der Waals surface area contributed by atoms with Gasteiger partial charge in [0.1, 0.15) is 6.61 Å². The van der Waals surface area contributed by atoms with Gasteiger partial charge in [-0.25, -0.2) is 0 Å². The highest BCUT2D eigenvalue weighted by atomic mass is 32.1. The predicted octanol–water partition coefficient (Wildman–Crippen LogP) is 1.07. The van der Waals surface area contributed by atoms with E-state index in [0.29, 0.717) is 38.6 Å². The van der Waals surface area contributed by atoms with Gasteiger partial charge in [-0.2, -0.15) is 12.6 Å². The number of carbonyl (C=O) groups excluding carboxylic acids is 1. The maximum absolute atomic E-state index is 10.9. The van der Waals surface area contributed by atoms with Gasteiger partial charge in [0, 0.05) is 5.75 Å². The summed E-state index contributed by atoms with van der Waals surface area (Å²) in [7, 11) is 0. The molecule has 0 aliphatic carbocycles. The Morgan fingerprint density at radius 1 is 1.20 bits per heavy atom. The molecule has 0 aromatic rings. The number of carbonyl (C=O) groups is 1. The normalized spacial score (nSPS) is 9.93. The second-order valence-electron chi connectivity index (χ2n) is 2.67. The third-order valence-corrected chi connectivity index (χ3v) is 1.64. The van der Waals surface area contributed by atoms with Crippen LogP contribution in [-0.2, 0) is 19.0 Å². The van der Waals surface area contributed by atoms with Gasteiger partial charge in [-0.15, -0.1) is 6.58 Å². The lowest BCUT2D eigenvalue weighted by Gasteiger charge is -2.05. The first-order chi connectivity index (χ1) is 7.31. The highest BCUT2D eigenvalue weighted by Gasteiger charge is 1.99. The molecule has 0 atom stereocenters. The molecule has 0 aliphatic heterocycles. The van der Waals surface area contributed by atoms with Gasteiger partial charge in [-0.1, -0.05) is 6.08 Å². The number of thiol groups is 1. The fourth-order valence-corrected chi connectivity index (χ4v) is 0.947. The molecule has 0 saturated carbocycles. The van der Waals surface area contributed by atoms with Crippen molar-refractivity contribution < 1.29 is 19.0 Å². The predicted molar refractivity (Wildman–Crippen MR) is 61.3 cm³/mol. The Labute approximate surface area is 96.0 Å². The molecule has 0 saturated heterocycles. The molecule has 0 radical (unpaired) electrons. The third-order valence-electron chi connectivity index (χ3n) is 1.41. The minimum Gasteiger partial charge on any atom is -0.463 e. The van der Waals surface area contributed by atoms with Crippen LogP contribution in [0.15, 0.2) is 12.7 Å². The molecule has 0 spiro atoms. The van der Waals surface area contributed by atoms with Gasteiger partial charge < -0.3 is 14.2 Å². The van der Waals surface area contributed by atoms with E-state index in [9.17, 15) is 4.79 Å². The first-order valence-electron chi connectivity index (χ1n) is 4.84. The zero-order chi connectivity index (χ0) is 11.4. The molecule has 0 aromatic carbocycles. The van der Waals surface area contributed by atoms with Crippen LogP contribution in [0.1, 0.15) is 6.42 Å². The summed E-state index contributed by atoms with van der Waals surface area (Å²) in [6.45, 7) is 5.75. The summed E-state index contributed by atoms with van der Waals surface area (Å²) in [5, 5.41) is 0. The van der Waals surface area contributed by atoms with Gasteiger partial charge >= 0.3 is 5.97 Å². The Morgan fingerprint density at radius 2 is 1.87 bits per heavy atom. The largest absolute Gasteiger partial charge is 0.463 e. The Kier molecular flexibility index (Phi) is 11.2. The summed E-state index contributed by atoms with van der Waals surface area (Å²) in [4.78, 5) is 10.9. The second kappa shape index (κ2) is 11.6. The fraction of sp³-hybridized carbons (Fsp3) is 0.700. The summed E-state index contributed by atoms with van der Waals surface area (Å²) in [5.74, 6) is 0.270. The average Bonchev–Trinajstić information content (AvgIpc) is 2.22. The average molecular weight is 234 g/mol. The van der Waals surface area contributed by atoms with E-state index in [1.165, 1.54) is 0 Å². The van der Waals surface area contributed by atoms with Crippen LogP contribution in [0, 0.1) is 0 Å². The van der Waals surface area contributed by atoms with Crippen LogP contribution in [0.5, 0.6) is 0 Å². The van der Waals surface area contributed by atoms with Crippen LogP contribution >= 0.6 is 12.6 Å². The van der Waals surface area contributed by atoms with Crippen molar-refractivity contribution in [2.24, 2.45) is 0 Å². The molecule has 0 fully saturated rings. The van der Waals surface area contributed by atoms with E-state index < -0.39 is 0 Å². The Bertz CT molecular complexity index is 173. The zero-order valence-electron chi connectivity index (χ0n) is 8.81. The van der Waals surface area contributed by atoms with Crippen molar-refractivity contribution in [1.82, 2.24) is 0 Å². The third kappa shape index (κ3) is 11.4. The zero-order valence-corrected chi connectivity index (χ0v) is 9.71. The van der Waals surface area contributed by atoms with Gasteiger partial charge in [-0.3, -0.25) is 4.79 Å². The van der Waals surface area contributed by atoms with Crippen LogP contribution in [0.4, 0.5) is 0 Å². The summed E-state index contributed by atoms with van der Waals surface area (Å²) in [6.07, 6.45) is 2.02. The molecule has 0 aromatic heterocycles. The Hall–Kier alpha value is -0.520. The molecule has 0 N–H and O–H groups in total. The molecule has 5 heteroatoms. The van der Waals surface area contributed by atoms with Crippen LogP contribution in [0.2, 0.25) is 0 Å². The van der Waals surface area contributed by atoms with E-state index in [2.05, 4.69) is 19.2 Å². The standard InChI is InChI=1S/C10H18O4S/c1-2-4-12-5-6-13-7-8-14-10(11)3-9-15/h2,15H,1,3-9H2. The fourth-order valence-electron chi connectivity index (χ4n) is 0.764. The number of ether oxygens (including phenoxy) is 3. The summed E-state index contributed by atoms with van der Waals surface area (Å²) in [5.41, 5.74) is 0. The Morgan fingerprint density at radius 3 is 2.53 bits per heavy atom. The SMILES string of the molecule is C=CCOCCOCCOC(=O)CCS. The lowest BCUT2D eigenvalue weighted by Crippen LogP contribution is -2.13. The molecular weight excluding hydrogens is 216 g/mol. The lowest BCUT2D eigenvalue weighted by molar-refractivity contribution is -0.144. The quantitative estimate of drug-likeness (QED) is 0.266. The maximum Gasteiger partial charge on any atom is 0.306 e. The van der Waals surface area contributed by atoms with Crippen molar-refractivity contribution in [2.45, 2.75) is 6.42 Å². The highest BCUT2D eigenvalue weighted by Crippen LogP contribution is 1.89. The van der Waals surface area contributed by atoms with Crippen LogP contribution in [0.3, 0.4) is 0 Å². The van der Waals surface area contributed by atoms with Crippen molar-refractivity contribution in [1.29, 1.82) is 0 Å². The van der Waals surface area contributed by atoms with E-state index in [1.54, 1.807) is 6.08 Å². The van der Waals surface area contributed by atoms with Crippen molar-refractivity contribution in [2.75, 3.05) is 38.8 Å². The van der Waals surface area contributed by atoms with Crippen molar-refractivity contribution in [3.63, 3.8) is 0 Å². The minimum atomic E-state index is -0.239. The highest BCUT2D eigenvalue weighted by molar-refractivity contribution is 7.80. The van der Waals surface area contributed by atoms with Gasteiger partial charge in [0.15, 0.2) is 0 Å². The number of hydrogen-bond donors (Lipinski definition) is 1. The van der Waals surface area contributed by atoms with E-state index in [-0.39, 0.29) is 12.6 Å². The van der Waals surface area contributed by atoms with E-state index in [4.69, 9.17) is 14.2 Å². The van der Waals surface area contributed by atoms with Crippen molar-refractivity contribution >= 4 is 18.6 Å². The van der Waals surface area contributed by atoms with Gasteiger partial charge in [-0.05, 0) is 0 Å². The molecule has 0 aliphatic rings. The van der Waals surface area contributed by atoms with E-state index in [0.717, 1.165) is 0 Å². The first-order valence-corrected chi connectivity index (χ1v) is 5.47. The van der Waals surface area contributed by atoms with Crippen molar-refractivity contribution in [3.05, 3.63) is 12.7 Å². The molecule has 0 unspecified atom stereocenters. The monoisotopic (exact) mass is 234 g/mol. The van der Waals surface area contributed by atoms with Crippen molar-refractivity contribution in [3.8, 4) is 0 Å². The molecule has 0 rings (SSSR count). The van der Waals surface area contributed by atoms with Gasteiger partial charge in [0.2, 0.25) is 0 Å². The van der Waals surface area contributed by atoms with Gasteiger partial charge in [0.25, 0.3) is 0 Å². The van der Waals surface area contributed by atoms with Crippen LogP contribution < -0.4 is 0 Å². The summed E-state index contributed by atoms with van der Waals surface area (Å²) < 4.78 is 15.1. The molecule has 0 amide bonds. The summed E-state index contributed by atoms with van der Waals surface area (Å²) >= 11 is 3.91. The lowest BCUT2D eigenvalue weighted by atomic mass is 10.5. The minimum absolute atomic E-state index is 0.239. The number of rotatable bonds is 10. The van der Waals surface area contributed by atoms with E-state index in [1.807, 2.05) is 0 Å².